The molecule has 9 nitrogen and oxygen atoms in total. The Morgan fingerprint density at radius 2 is 1.72 bits per heavy atom. The highest BCUT2D eigenvalue weighted by Crippen LogP contribution is 2.11. The summed E-state index contributed by atoms with van der Waals surface area (Å²) in [6, 6.07) is 8.83. The number of carboxylic acid groups (broad SMARTS) is 1. The predicted molar refractivity (Wildman–Crippen MR) is 109 cm³/mol. The van der Waals surface area contributed by atoms with E-state index in [4.69, 9.17) is 10.8 Å². The predicted octanol–water partition coefficient (Wildman–Crippen LogP) is 0.638. The molecule has 156 valence electrons. The van der Waals surface area contributed by atoms with Crippen LogP contribution in [-0.4, -0.2) is 50.0 Å². The number of benzene rings is 1. The number of nitrogens with zero attached hydrogens (tertiary/aromatic N) is 3. The first-order valence-corrected chi connectivity index (χ1v) is 9.33. The van der Waals surface area contributed by atoms with Crippen molar-refractivity contribution in [3.8, 4) is 0 Å². The summed E-state index contributed by atoms with van der Waals surface area (Å²) in [6.07, 6.45) is 0. The van der Waals surface area contributed by atoms with Gasteiger partial charge in [-0.25, -0.2) is 4.79 Å². The standard InChI is InChI=1S/C20H26N4O5/c1-4-23-19(28)17(15(25)11-22(13(2)3)12-16(26)27)18(21)24(20(23)29)10-14-8-6-5-7-9-14/h5-9,13H,4,10-12,21H2,1-3H3,(H,26,27). The second-order valence-corrected chi connectivity index (χ2v) is 6.98. The molecule has 0 aliphatic carbocycles. The largest absolute Gasteiger partial charge is 0.480 e. The number of hydrogen-bond donors (Lipinski definition) is 2. The molecule has 0 aliphatic heterocycles. The minimum atomic E-state index is -1.08. The Balaban J connectivity index is 2.54. The first kappa shape index (κ1) is 22.1. The highest BCUT2D eigenvalue weighted by molar-refractivity contribution is 6.01. The van der Waals surface area contributed by atoms with Crippen LogP contribution in [0.4, 0.5) is 5.82 Å². The van der Waals surface area contributed by atoms with Crippen molar-refractivity contribution in [3.63, 3.8) is 0 Å². The third kappa shape index (κ3) is 5.00. The Bertz CT molecular complexity index is 1010. The molecule has 0 unspecified atom stereocenters. The molecule has 29 heavy (non-hydrogen) atoms. The number of rotatable bonds is 9. The molecule has 0 atom stereocenters. The van der Waals surface area contributed by atoms with E-state index in [1.165, 1.54) is 9.47 Å². The van der Waals surface area contributed by atoms with Gasteiger partial charge in [-0.05, 0) is 26.3 Å². The number of Topliss-reactive ketones (excluding diaryl/α,β-unsaturated/α-hetero) is 1. The van der Waals surface area contributed by atoms with Crippen molar-refractivity contribution in [2.45, 2.75) is 39.9 Å². The number of carbonyl (C=O) groups excluding carboxylic acids is 1. The van der Waals surface area contributed by atoms with Crippen LogP contribution in [0, 0.1) is 0 Å². The van der Waals surface area contributed by atoms with Gasteiger partial charge in [0.05, 0.1) is 19.6 Å². The maximum atomic E-state index is 12.9. The molecule has 0 spiro atoms. The third-order valence-electron chi connectivity index (χ3n) is 4.66. The quantitative estimate of drug-likeness (QED) is 0.589. The van der Waals surface area contributed by atoms with E-state index in [1.807, 2.05) is 30.3 Å². The molecular formula is C20H26N4O5. The van der Waals surface area contributed by atoms with Crippen molar-refractivity contribution in [2.24, 2.45) is 0 Å². The van der Waals surface area contributed by atoms with Gasteiger partial charge in [0.25, 0.3) is 5.56 Å². The average Bonchev–Trinajstić information content (AvgIpc) is 2.65. The molecule has 1 heterocycles. The average molecular weight is 402 g/mol. The summed E-state index contributed by atoms with van der Waals surface area (Å²) in [5, 5.41) is 9.06. The van der Waals surface area contributed by atoms with Gasteiger partial charge >= 0.3 is 11.7 Å². The number of hydrogen-bond acceptors (Lipinski definition) is 6. The summed E-state index contributed by atoms with van der Waals surface area (Å²) in [5.74, 6) is -1.91. The molecule has 9 heteroatoms. The third-order valence-corrected chi connectivity index (χ3v) is 4.66. The zero-order chi connectivity index (χ0) is 21.7. The van der Waals surface area contributed by atoms with Crippen molar-refractivity contribution in [1.82, 2.24) is 14.0 Å². The lowest BCUT2D eigenvalue weighted by Gasteiger charge is -2.24. The zero-order valence-electron chi connectivity index (χ0n) is 16.8. The smallest absolute Gasteiger partial charge is 0.332 e. The van der Waals surface area contributed by atoms with Gasteiger partial charge in [0.15, 0.2) is 5.78 Å². The Labute approximate surface area is 168 Å². The summed E-state index contributed by atoms with van der Waals surface area (Å²) >= 11 is 0. The fourth-order valence-electron chi connectivity index (χ4n) is 3.03. The lowest BCUT2D eigenvalue weighted by Crippen LogP contribution is -2.46. The number of nitrogen functional groups attached to an aromatic ring is 1. The van der Waals surface area contributed by atoms with Crippen LogP contribution < -0.4 is 17.0 Å². The fraction of sp³-hybridized carbons (Fsp3) is 0.400. The molecule has 0 saturated carbocycles. The van der Waals surface area contributed by atoms with Crippen LogP contribution >= 0.6 is 0 Å². The van der Waals surface area contributed by atoms with Gasteiger partial charge in [-0.1, -0.05) is 30.3 Å². The molecule has 1 aromatic carbocycles. The molecule has 2 rings (SSSR count). The van der Waals surface area contributed by atoms with Gasteiger partial charge in [-0.3, -0.25) is 28.4 Å². The van der Waals surface area contributed by atoms with Crippen LogP contribution in [0.3, 0.4) is 0 Å². The number of aromatic nitrogens is 2. The van der Waals surface area contributed by atoms with Gasteiger partial charge in [-0.2, -0.15) is 0 Å². The number of nitrogens with two attached hydrogens (primary N) is 1. The molecule has 0 radical (unpaired) electrons. The van der Waals surface area contributed by atoms with E-state index in [2.05, 4.69) is 0 Å². The van der Waals surface area contributed by atoms with Crippen LogP contribution in [0.15, 0.2) is 39.9 Å². The van der Waals surface area contributed by atoms with Gasteiger partial charge < -0.3 is 10.8 Å². The van der Waals surface area contributed by atoms with Crippen LogP contribution in [-0.2, 0) is 17.9 Å². The van der Waals surface area contributed by atoms with E-state index >= 15 is 0 Å². The molecule has 3 N–H and O–H groups in total. The summed E-state index contributed by atoms with van der Waals surface area (Å²) in [7, 11) is 0. The van der Waals surface area contributed by atoms with Crippen molar-refractivity contribution in [3.05, 3.63) is 62.3 Å². The Hall–Kier alpha value is -3.20. The van der Waals surface area contributed by atoms with Crippen molar-refractivity contribution >= 4 is 17.6 Å². The maximum Gasteiger partial charge on any atom is 0.332 e. The summed E-state index contributed by atoms with van der Waals surface area (Å²) in [6.45, 7) is 4.67. The zero-order valence-corrected chi connectivity index (χ0v) is 16.8. The first-order valence-electron chi connectivity index (χ1n) is 9.33. The highest BCUT2D eigenvalue weighted by atomic mass is 16.4. The fourth-order valence-corrected chi connectivity index (χ4v) is 3.03. The van der Waals surface area contributed by atoms with Gasteiger partial charge in [0.1, 0.15) is 11.4 Å². The Morgan fingerprint density at radius 1 is 1.10 bits per heavy atom. The molecule has 0 bridgehead atoms. The topological polar surface area (TPSA) is 128 Å². The number of carboxylic acids is 1. The molecule has 0 saturated heterocycles. The minimum absolute atomic E-state index is 0.0794. The molecule has 0 amide bonds. The lowest BCUT2D eigenvalue weighted by molar-refractivity contribution is -0.138. The monoisotopic (exact) mass is 402 g/mol. The highest BCUT2D eigenvalue weighted by Gasteiger charge is 2.25. The lowest BCUT2D eigenvalue weighted by atomic mass is 10.1. The van der Waals surface area contributed by atoms with E-state index in [1.54, 1.807) is 20.8 Å². The number of anilines is 1. The van der Waals surface area contributed by atoms with E-state index in [-0.39, 0.29) is 43.6 Å². The van der Waals surface area contributed by atoms with Crippen LogP contribution in [0.1, 0.15) is 36.7 Å². The second-order valence-electron chi connectivity index (χ2n) is 6.98. The summed E-state index contributed by atoms with van der Waals surface area (Å²) in [4.78, 5) is 50.9. The maximum absolute atomic E-state index is 12.9. The molecular weight excluding hydrogens is 376 g/mol. The number of carbonyl (C=O) groups is 2. The van der Waals surface area contributed by atoms with E-state index in [9.17, 15) is 19.2 Å². The van der Waals surface area contributed by atoms with E-state index in [0.717, 1.165) is 10.1 Å². The summed E-state index contributed by atoms with van der Waals surface area (Å²) in [5.41, 5.74) is 5.24. The van der Waals surface area contributed by atoms with E-state index < -0.39 is 23.0 Å². The van der Waals surface area contributed by atoms with Crippen LogP contribution in [0.5, 0.6) is 0 Å². The Morgan fingerprint density at radius 3 is 2.24 bits per heavy atom. The van der Waals surface area contributed by atoms with Crippen LogP contribution in [0.2, 0.25) is 0 Å². The van der Waals surface area contributed by atoms with Gasteiger partial charge in [0, 0.05) is 12.6 Å². The second kappa shape index (κ2) is 9.33. The SMILES string of the molecule is CCn1c(=O)c(C(=O)CN(CC(=O)O)C(C)C)c(N)n(Cc2ccccc2)c1=O. The van der Waals surface area contributed by atoms with Gasteiger partial charge in [0.2, 0.25) is 0 Å². The molecule has 2 aromatic rings. The number of aliphatic carboxylic acids is 1. The molecule has 1 aromatic heterocycles. The number of ketones is 1. The van der Waals surface area contributed by atoms with E-state index in [0.29, 0.717) is 0 Å². The minimum Gasteiger partial charge on any atom is -0.480 e. The van der Waals surface area contributed by atoms with Crippen molar-refractivity contribution < 1.29 is 14.7 Å². The Kier molecular flexibility index (Phi) is 7.11. The first-order chi connectivity index (χ1) is 13.7. The van der Waals surface area contributed by atoms with Crippen molar-refractivity contribution in [1.29, 1.82) is 0 Å². The van der Waals surface area contributed by atoms with Crippen LogP contribution in [0.25, 0.3) is 0 Å². The normalized spacial score (nSPS) is 11.2. The van der Waals surface area contributed by atoms with Crippen molar-refractivity contribution in [2.75, 3.05) is 18.8 Å². The molecule has 0 fully saturated rings. The molecule has 0 aliphatic rings. The summed E-state index contributed by atoms with van der Waals surface area (Å²) < 4.78 is 2.16. The van der Waals surface area contributed by atoms with Gasteiger partial charge in [-0.15, -0.1) is 0 Å².